The molecule has 6 heteroatoms. The van der Waals surface area contributed by atoms with E-state index in [2.05, 4.69) is 4.98 Å². The van der Waals surface area contributed by atoms with Crippen LogP contribution in [0, 0.1) is 6.92 Å². The molecular formula is C12H15N3O2S. The number of hydrogen-bond acceptors (Lipinski definition) is 5. The molecular weight excluding hydrogens is 250 g/mol. The van der Waals surface area contributed by atoms with Crippen molar-refractivity contribution in [2.24, 2.45) is 5.73 Å². The average molecular weight is 265 g/mol. The van der Waals surface area contributed by atoms with E-state index in [9.17, 15) is 4.79 Å². The van der Waals surface area contributed by atoms with Gasteiger partial charge >= 0.3 is 0 Å². The second-order valence-electron chi connectivity index (χ2n) is 3.99. The standard InChI is InChI=1S/C12H15N3O2S/c1-8-14-9(7-18-8)6-15(2)12(16)11-4-3-10(5-13)17-11/h3-4,7H,5-6,13H2,1-2H3. The van der Waals surface area contributed by atoms with Gasteiger partial charge in [0.05, 0.1) is 23.8 Å². The lowest BCUT2D eigenvalue weighted by atomic mass is 10.3. The zero-order valence-electron chi connectivity index (χ0n) is 10.3. The number of nitrogens with zero attached hydrogens (tertiary/aromatic N) is 2. The molecule has 0 aliphatic carbocycles. The first-order valence-electron chi connectivity index (χ1n) is 5.55. The molecule has 0 radical (unpaired) electrons. The molecule has 0 bridgehead atoms. The highest BCUT2D eigenvalue weighted by atomic mass is 32.1. The molecule has 0 aromatic carbocycles. The van der Waals surface area contributed by atoms with E-state index in [0.717, 1.165) is 10.7 Å². The van der Waals surface area contributed by atoms with Crippen molar-refractivity contribution >= 4 is 17.2 Å². The van der Waals surface area contributed by atoms with Crippen molar-refractivity contribution in [1.82, 2.24) is 9.88 Å². The number of aromatic nitrogens is 1. The van der Waals surface area contributed by atoms with E-state index in [4.69, 9.17) is 10.2 Å². The molecule has 0 saturated heterocycles. The molecule has 2 heterocycles. The summed E-state index contributed by atoms with van der Waals surface area (Å²) < 4.78 is 5.32. The third-order valence-electron chi connectivity index (χ3n) is 2.49. The Morgan fingerprint density at radius 3 is 2.89 bits per heavy atom. The van der Waals surface area contributed by atoms with Crippen molar-refractivity contribution < 1.29 is 9.21 Å². The Balaban J connectivity index is 2.04. The molecule has 96 valence electrons. The monoisotopic (exact) mass is 265 g/mol. The quantitative estimate of drug-likeness (QED) is 0.914. The van der Waals surface area contributed by atoms with Crippen LogP contribution in [0.25, 0.3) is 0 Å². The lowest BCUT2D eigenvalue weighted by molar-refractivity contribution is 0.0750. The third-order valence-corrected chi connectivity index (χ3v) is 3.31. The number of nitrogens with two attached hydrogens (primary N) is 1. The van der Waals surface area contributed by atoms with Crippen LogP contribution in [0.4, 0.5) is 0 Å². The van der Waals surface area contributed by atoms with E-state index < -0.39 is 0 Å². The zero-order chi connectivity index (χ0) is 13.1. The second kappa shape index (κ2) is 5.32. The Bertz CT molecular complexity index is 547. The third kappa shape index (κ3) is 2.77. The van der Waals surface area contributed by atoms with E-state index in [1.165, 1.54) is 0 Å². The average Bonchev–Trinajstić information content (AvgIpc) is 2.97. The normalized spacial score (nSPS) is 10.6. The van der Waals surface area contributed by atoms with Crippen molar-refractivity contribution in [3.63, 3.8) is 0 Å². The Morgan fingerprint density at radius 2 is 2.33 bits per heavy atom. The van der Waals surface area contributed by atoms with E-state index in [1.807, 2.05) is 12.3 Å². The molecule has 18 heavy (non-hydrogen) atoms. The summed E-state index contributed by atoms with van der Waals surface area (Å²) in [6, 6.07) is 3.36. The molecule has 0 unspecified atom stereocenters. The fraction of sp³-hybridized carbons (Fsp3) is 0.333. The number of carbonyl (C=O) groups is 1. The molecule has 2 aromatic heterocycles. The number of aryl methyl sites for hydroxylation is 1. The molecule has 0 aliphatic heterocycles. The van der Waals surface area contributed by atoms with Crippen molar-refractivity contribution in [1.29, 1.82) is 0 Å². The summed E-state index contributed by atoms with van der Waals surface area (Å²) >= 11 is 1.57. The van der Waals surface area contributed by atoms with Gasteiger partial charge < -0.3 is 15.1 Å². The summed E-state index contributed by atoms with van der Waals surface area (Å²) in [6.07, 6.45) is 0. The summed E-state index contributed by atoms with van der Waals surface area (Å²) in [5.74, 6) is 0.751. The van der Waals surface area contributed by atoms with Gasteiger partial charge in [0.15, 0.2) is 5.76 Å². The lowest BCUT2D eigenvalue weighted by Gasteiger charge is -2.13. The van der Waals surface area contributed by atoms with Crippen molar-refractivity contribution in [3.8, 4) is 0 Å². The fourth-order valence-electron chi connectivity index (χ4n) is 1.59. The van der Waals surface area contributed by atoms with Gasteiger partial charge in [-0.2, -0.15) is 0 Å². The van der Waals surface area contributed by atoms with Crippen LogP contribution in [-0.4, -0.2) is 22.8 Å². The largest absolute Gasteiger partial charge is 0.455 e. The Kier molecular flexibility index (Phi) is 3.78. The van der Waals surface area contributed by atoms with Crippen LogP contribution in [-0.2, 0) is 13.1 Å². The van der Waals surface area contributed by atoms with E-state index >= 15 is 0 Å². The molecule has 0 spiro atoms. The molecule has 0 fully saturated rings. The maximum Gasteiger partial charge on any atom is 0.289 e. The summed E-state index contributed by atoms with van der Waals surface area (Å²) in [7, 11) is 1.72. The molecule has 0 aliphatic rings. The number of rotatable bonds is 4. The van der Waals surface area contributed by atoms with Gasteiger partial charge in [0, 0.05) is 12.4 Å². The zero-order valence-corrected chi connectivity index (χ0v) is 11.2. The van der Waals surface area contributed by atoms with Crippen molar-refractivity contribution in [3.05, 3.63) is 39.7 Å². The van der Waals surface area contributed by atoms with Gasteiger partial charge in [0.2, 0.25) is 0 Å². The van der Waals surface area contributed by atoms with E-state index in [-0.39, 0.29) is 5.91 Å². The minimum atomic E-state index is -0.166. The van der Waals surface area contributed by atoms with Gasteiger partial charge in [-0.1, -0.05) is 0 Å². The SMILES string of the molecule is Cc1nc(CN(C)C(=O)c2ccc(CN)o2)cs1. The highest BCUT2D eigenvalue weighted by Gasteiger charge is 2.16. The summed E-state index contributed by atoms with van der Waals surface area (Å²) in [4.78, 5) is 18.0. The summed E-state index contributed by atoms with van der Waals surface area (Å²) in [5.41, 5.74) is 6.33. The summed E-state index contributed by atoms with van der Waals surface area (Å²) in [5, 5.41) is 2.95. The van der Waals surface area contributed by atoms with Crippen LogP contribution in [0.2, 0.25) is 0 Å². The highest BCUT2D eigenvalue weighted by molar-refractivity contribution is 7.09. The van der Waals surface area contributed by atoms with Gasteiger partial charge in [-0.05, 0) is 19.1 Å². The first-order chi connectivity index (χ1) is 8.60. The van der Waals surface area contributed by atoms with Gasteiger partial charge in [-0.3, -0.25) is 4.79 Å². The Hall–Kier alpha value is -1.66. The molecule has 0 atom stereocenters. The summed E-state index contributed by atoms with van der Waals surface area (Å²) in [6.45, 7) is 2.71. The number of amides is 1. The number of carbonyl (C=O) groups excluding carboxylic acids is 1. The predicted octanol–water partition coefficient (Wildman–Crippen LogP) is 1.78. The van der Waals surface area contributed by atoms with Crippen LogP contribution in [0.15, 0.2) is 21.9 Å². The Morgan fingerprint density at radius 1 is 1.56 bits per heavy atom. The fourth-order valence-corrected chi connectivity index (χ4v) is 2.19. The number of furan rings is 1. The first kappa shape index (κ1) is 12.8. The van der Waals surface area contributed by atoms with Crippen LogP contribution >= 0.6 is 11.3 Å². The minimum Gasteiger partial charge on any atom is -0.455 e. The van der Waals surface area contributed by atoms with Crippen molar-refractivity contribution in [2.75, 3.05) is 7.05 Å². The Labute approximate surface area is 109 Å². The highest BCUT2D eigenvalue weighted by Crippen LogP contribution is 2.13. The topological polar surface area (TPSA) is 72.4 Å². The maximum absolute atomic E-state index is 12.1. The van der Waals surface area contributed by atoms with Crippen molar-refractivity contribution in [2.45, 2.75) is 20.0 Å². The van der Waals surface area contributed by atoms with Gasteiger partial charge in [-0.15, -0.1) is 11.3 Å². The van der Waals surface area contributed by atoms with Crippen LogP contribution in [0.1, 0.15) is 27.0 Å². The maximum atomic E-state index is 12.1. The van der Waals surface area contributed by atoms with E-state index in [0.29, 0.717) is 24.6 Å². The first-order valence-corrected chi connectivity index (χ1v) is 6.43. The second-order valence-corrected chi connectivity index (χ2v) is 5.05. The van der Waals surface area contributed by atoms with Crippen LogP contribution in [0.5, 0.6) is 0 Å². The van der Waals surface area contributed by atoms with Crippen LogP contribution in [0.3, 0.4) is 0 Å². The van der Waals surface area contributed by atoms with Crippen LogP contribution < -0.4 is 5.73 Å². The molecule has 0 saturated carbocycles. The van der Waals surface area contributed by atoms with Gasteiger partial charge in [-0.25, -0.2) is 4.98 Å². The van der Waals surface area contributed by atoms with Gasteiger partial charge in [0.25, 0.3) is 5.91 Å². The lowest BCUT2D eigenvalue weighted by Crippen LogP contribution is -2.25. The molecule has 2 rings (SSSR count). The minimum absolute atomic E-state index is 0.166. The predicted molar refractivity (Wildman–Crippen MR) is 69.2 cm³/mol. The number of thiazole rings is 1. The molecule has 2 aromatic rings. The molecule has 2 N–H and O–H groups in total. The smallest absolute Gasteiger partial charge is 0.289 e. The molecule has 1 amide bonds. The van der Waals surface area contributed by atoms with E-state index in [1.54, 1.807) is 35.4 Å². The number of hydrogen-bond donors (Lipinski definition) is 1. The van der Waals surface area contributed by atoms with Gasteiger partial charge in [0.1, 0.15) is 5.76 Å². The molecule has 5 nitrogen and oxygen atoms in total.